The smallest absolute Gasteiger partial charge is 0.0620 e. The summed E-state index contributed by atoms with van der Waals surface area (Å²) < 4.78 is 0. The molecule has 1 atom stereocenters. The maximum Gasteiger partial charge on any atom is 0.0620 e. The van der Waals surface area contributed by atoms with Crippen molar-refractivity contribution in [3.63, 3.8) is 0 Å². The van der Waals surface area contributed by atoms with Gasteiger partial charge in [-0.15, -0.1) is 0 Å². The Morgan fingerprint density at radius 1 is 1.86 bits per heavy atom. The lowest BCUT2D eigenvalue weighted by atomic mass is 10.3. The van der Waals surface area contributed by atoms with Crippen LogP contribution >= 0.6 is 0 Å². The molecule has 40 valence electrons. The first-order chi connectivity index (χ1) is 3.43. The standard InChI is InChI=1S/C5H9NO/c7-4-5-2-1-3-6-5/h1-2,5-7H,3-4H2/t5-/m1/s1. The largest absolute Gasteiger partial charge is 0.394 e. The van der Waals surface area contributed by atoms with Gasteiger partial charge < -0.3 is 10.4 Å². The lowest BCUT2D eigenvalue weighted by Gasteiger charge is -2.00. The first kappa shape index (κ1) is 4.81. The molecule has 1 rings (SSSR count). The van der Waals surface area contributed by atoms with E-state index in [-0.39, 0.29) is 12.6 Å². The Hall–Kier alpha value is -0.340. The third kappa shape index (κ3) is 1.01. The monoisotopic (exact) mass is 99.1 g/mol. The second-order valence-corrected chi connectivity index (χ2v) is 1.63. The van der Waals surface area contributed by atoms with Crippen LogP contribution in [0.2, 0.25) is 0 Å². The molecule has 7 heavy (non-hydrogen) atoms. The quantitative estimate of drug-likeness (QED) is 0.435. The van der Waals surface area contributed by atoms with E-state index < -0.39 is 0 Å². The highest BCUT2D eigenvalue weighted by molar-refractivity contribution is 5.01. The Balaban J connectivity index is 2.28. The number of nitrogens with one attached hydrogen (secondary N) is 1. The summed E-state index contributed by atoms with van der Waals surface area (Å²) in [5, 5.41) is 11.5. The molecule has 0 unspecified atom stereocenters. The van der Waals surface area contributed by atoms with Gasteiger partial charge in [-0.05, 0) is 0 Å². The van der Waals surface area contributed by atoms with Crippen LogP contribution in [-0.4, -0.2) is 24.3 Å². The van der Waals surface area contributed by atoms with Gasteiger partial charge in [0.2, 0.25) is 0 Å². The van der Waals surface area contributed by atoms with Crippen LogP contribution in [0.1, 0.15) is 0 Å². The zero-order valence-electron chi connectivity index (χ0n) is 4.09. The highest BCUT2D eigenvalue weighted by Gasteiger charge is 2.03. The summed E-state index contributed by atoms with van der Waals surface area (Å²) >= 11 is 0. The van der Waals surface area contributed by atoms with E-state index in [1.807, 2.05) is 12.2 Å². The maximum atomic E-state index is 8.45. The molecule has 0 aromatic rings. The SMILES string of the molecule is OC[C@H]1C=CCN1. The Labute approximate surface area is 42.8 Å². The van der Waals surface area contributed by atoms with Crippen molar-refractivity contribution in [3.8, 4) is 0 Å². The highest BCUT2D eigenvalue weighted by atomic mass is 16.3. The summed E-state index contributed by atoms with van der Waals surface area (Å²) in [4.78, 5) is 0. The first-order valence-electron chi connectivity index (χ1n) is 2.44. The second-order valence-electron chi connectivity index (χ2n) is 1.63. The van der Waals surface area contributed by atoms with Crippen LogP contribution < -0.4 is 5.32 Å². The van der Waals surface area contributed by atoms with Crippen molar-refractivity contribution in [1.29, 1.82) is 0 Å². The summed E-state index contributed by atoms with van der Waals surface area (Å²) in [6.07, 6.45) is 3.99. The van der Waals surface area contributed by atoms with E-state index in [0.29, 0.717) is 0 Å². The number of hydrogen-bond donors (Lipinski definition) is 2. The van der Waals surface area contributed by atoms with Gasteiger partial charge in [0.25, 0.3) is 0 Å². The number of aliphatic hydroxyl groups excluding tert-OH is 1. The molecule has 1 aliphatic rings. The molecule has 2 heteroatoms. The Morgan fingerprint density at radius 2 is 2.71 bits per heavy atom. The van der Waals surface area contributed by atoms with Gasteiger partial charge in [0.05, 0.1) is 6.61 Å². The van der Waals surface area contributed by atoms with Crippen molar-refractivity contribution in [2.75, 3.05) is 13.2 Å². The molecule has 0 fully saturated rings. The lowest BCUT2D eigenvalue weighted by Crippen LogP contribution is -2.25. The number of rotatable bonds is 1. The van der Waals surface area contributed by atoms with Crippen LogP contribution in [0, 0.1) is 0 Å². The van der Waals surface area contributed by atoms with Crippen LogP contribution in [-0.2, 0) is 0 Å². The van der Waals surface area contributed by atoms with Gasteiger partial charge in [0.15, 0.2) is 0 Å². The van der Waals surface area contributed by atoms with Crippen molar-refractivity contribution >= 4 is 0 Å². The molecule has 2 nitrogen and oxygen atoms in total. The Morgan fingerprint density at radius 3 is 3.00 bits per heavy atom. The fourth-order valence-electron chi connectivity index (χ4n) is 0.645. The molecular weight excluding hydrogens is 90.1 g/mol. The van der Waals surface area contributed by atoms with E-state index in [4.69, 9.17) is 5.11 Å². The predicted molar refractivity (Wildman–Crippen MR) is 28.0 cm³/mol. The maximum absolute atomic E-state index is 8.45. The zero-order valence-corrected chi connectivity index (χ0v) is 4.09. The Kier molecular flexibility index (Phi) is 1.44. The molecule has 1 aliphatic heterocycles. The van der Waals surface area contributed by atoms with Gasteiger partial charge in [0.1, 0.15) is 0 Å². The predicted octanol–water partition coefficient (Wildman–Crippen LogP) is -0.493. The minimum absolute atomic E-state index is 0.219. The van der Waals surface area contributed by atoms with E-state index in [1.54, 1.807) is 0 Å². The highest BCUT2D eigenvalue weighted by Crippen LogP contribution is 1.90. The molecule has 0 aromatic carbocycles. The zero-order chi connectivity index (χ0) is 5.11. The van der Waals surface area contributed by atoms with Crippen LogP contribution in [0.25, 0.3) is 0 Å². The molecular formula is C5H9NO. The third-order valence-corrected chi connectivity index (χ3v) is 1.06. The van der Waals surface area contributed by atoms with Gasteiger partial charge in [-0.3, -0.25) is 0 Å². The molecule has 2 N–H and O–H groups in total. The van der Waals surface area contributed by atoms with E-state index in [9.17, 15) is 0 Å². The van der Waals surface area contributed by atoms with Crippen molar-refractivity contribution in [3.05, 3.63) is 12.2 Å². The van der Waals surface area contributed by atoms with E-state index >= 15 is 0 Å². The van der Waals surface area contributed by atoms with Crippen molar-refractivity contribution in [1.82, 2.24) is 5.32 Å². The summed E-state index contributed by atoms with van der Waals surface area (Å²) in [6.45, 7) is 1.13. The van der Waals surface area contributed by atoms with E-state index in [2.05, 4.69) is 5.32 Å². The fraction of sp³-hybridized carbons (Fsp3) is 0.600. The number of aliphatic hydroxyl groups is 1. The Bertz CT molecular complexity index is 80.1. The molecule has 1 heterocycles. The summed E-state index contributed by atoms with van der Waals surface area (Å²) in [7, 11) is 0. The van der Waals surface area contributed by atoms with E-state index in [1.165, 1.54) is 0 Å². The van der Waals surface area contributed by atoms with Gasteiger partial charge in [-0.1, -0.05) is 12.2 Å². The molecule has 0 aliphatic carbocycles. The molecule has 0 bridgehead atoms. The minimum atomic E-state index is 0.219. The summed E-state index contributed by atoms with van der Waals surface area (Å²) in [5.74, 6) is 0. The van der Waals surface area contributed by atoms with E-state index in [0.717, 1.165) is 6.54 Å². The average Bonchev–Trinajstić information content (AvgIpc) is 2.14. The first-order valence-corrected chi connectivity index (χ1v) is 2.44. The second kappa shape index (κ2) is 2.09. The van der Waals surface area contributed by atoms with Gasteiger partial charge in [0, 0.05) is 12.6 Å². The molecule has 0 saturated heterocycles. The van der Waals surface area contributed by atoms with Crippen molar-refractivity contribution < 1.29 is 5.11 Å². The molecule has 0 spiro atoms. The molecule has 0 amide bonds. The van der Waals surface area contributed by atoms with Crippen LogP contribution in [0.3, 0.4) is 0 Å². The molecule has 0 aromatic heterocycles. The fourth-order valence-corrected chi connectivity index (χ4v) is 0.645. The normalized spacial score (nSPS) is 29.0. The lowest BCUT2D eigenvalue weighted by molar-refractivity contribution is 0.271. The van der Waals surface area contributed by atoms with Crippen LogP contribution in [0.4, 0.5) is 0 Å². The average molecular weight is 99.1 g/mol. The van der Waals surface area contributed by atoms with Crippen LogP contribution in [0.15, 0.2) is 12.2 Å². The minimum Gasteiger partial charge on any atom is -0.394 e. The van der Waals surface area contributed by atoms with Crippen LogP contribution in [0.5, 0.6) is 0 Å². The van der Waals surface area contributed by atoms with Crippen molar-refractivity contribution in [2.24, 2.45) is 0 Å². The summed E-state index contributed by atoms with van der Waals surface area (Å²) in [5.41, 5.74) is 0. The third-order valence-electron chi connectivity index (χ3n) is 1.06. The van der Waals surface area contributed by atoms with Crippen molar-refractivity contribution in [2.45, 2.75) is 6.04 Å². The van der Waals surface area contributed by atoms with Gasteiger partial charge in [-0.2, -0.15) is 0 Å². The summed E-state index contributed by atoms with van der Waals surface area (Å²) in [6, 6.07) is 0.222. The van der Waals surface area contributed by atoms with Gasteiger partial charge >= 0.3 is 0 Å². The van der Waals surface area contributed by atoms with Gasteiger partial charge in [-0.25, -0.2) is 0 Å². The molecule has 0 saturated carbocycles. The topological polar surface area (TPSA) is 32.3 Å². The number of hydrogen-bond acceptors (Lipinski definition) is 2. The molecule has 0 radical (unpaired) electrons.